The average Bonchev–Trinajstić information content (AvgIpc) is 2.92. The molecule has 2 aliphatic carbocycles. The fourth-order valence-corrected chi connectivity index (χ4v) is 2.08. The smallest absolute Gasteiger partial charge is 0.228 e. The molecule has 2 aliphatic rings. The molecule has 0 aromatic carbocycles. The number of nitrogens with zero attached hydrogens (tertiary/aromatic N) is 2. The van der Waals surface area contributed by atoms with Crippen LogP contribution in [0.15, 0.2) is 6.07 Å². The van der Waals surface area contributed by atoms with E-state index < -0.39 is 0 Å². The van der Waals surface area contributed by atoms with E-state index in [4.69, 9.17) is 0 Å². The minimum Gasteiger partial charge on any atom is -0.311 e. The number of carbonyl (C=O) groups excluding carboxylic acids is 1. The van der Waals surface area contributed by atoms with Gasteiger partial charge < -0.3 is 5.32 Å². The van der Waals surface area contributed by atoms with Gasteiger partial charge in [0.25, 0.3) is 0 Å². The third-order valence-corrected chi connectivity index (χ3v) is 3.62. The topological polar surface area (TPSA) is 46.9 Å². The number of hydrogen-bond donors (Lipinski definition) is 1. The van der Waals surface area contributed by atoms with E-state index in [9.17, 15) is 4.79 Å². The van der Waals surface area contributed by atoms with Gasteiger partial charge in [0, 0.05) is 24.9 Å². The van der Waals surface area contributed by atoms with E-state index >= 15 is 0 Å². The number of nitrogens with one attached hydrogen (secondary N) is 1. The van der Waals surface area contributed by atoms with Gasteiger partial charge in [0.05, 0.1) is 5.69 Å². The Balaban J connectivity index is 1.72. The first-order valence-corrected chi connectivity index (χ1v) is 6.09. The summed E-state index contributed by atoms with van der Waals surface area (Å²) in [5.41, 5.74) is 1.14. The molecule has 0 radical (unpaired) electrons. The summed E-state index contributed by atoms with van der Waals surface area (Å²) in [7, 11) is 1.89. The van der Waals surface area contributed by atoms with E-state index in [1.807, 2.05) is 13.1 Å². The van der Waals surface area contributed by atoms with Crippen LogP contribution in [0, 0.1) is 5.92 Å². The van der Waals surface area contributed by atoms with E-state index in [2.05, 4.69) is 10.4 Å². The van der Waals surface area contributed by atoms with Crippen LogP contribution in [0.2, 0.25) is 0 Å². The highest BCUT2D eigenvalue weighted by molar-refractivity contribution is 5.93. The molecule has 1 amide bonds. The number of aryl methyl sites for hydroxylation is 1. The summed E-state index contributed by atoms with van der Waals surface area (Å²) in [6, 6.07) is 2.03. The Labute approximate surface area is 95.0 Å². The Bertz CT molecular complexity index is 416. The predicted molar refractivity (Wildman–Crippen MR) is 61.2 cm³/mol. The molecule has 0 aliphatic heterocycles. The summed E-state index contributed by atoms with van der Waals surface area (Å²) in [6.07, 6.45) is 5.88. The average molecular weight is 219 g/mol. The van der Waals surface area contributed by atoms with Crippen LogP contribution in [0.3, 0.4) is 0 Å². The Hall–Kier alpha value is -1.32. The number of hydrogen-bond acceptors (Lipinski definition) is 2. The summed E-state index contributed by atoms with van der Waals surface area (Å²) in [4.78, 5) is 11.6. The maximum absolute atomic E-state index is 11.6. The number of carbonyl (C=O) groups is 1. The molecule has 16 heavy (non-hydrogen) atoms. The van der Waals surface area contributed by atoms with Crippen molar-refractivity contribution in [2.45, 2.75) is 38.0 Å². The van der Waals surface area contributed by atoms with Crippen molar-refractivity contribution in [2.75, 3.05) is 5.32 Å². The zero-order chi connectivity index (χ0) is 11.1. The Morgan fingerprint density at radius 2 is 2.19 bits per heavy atom. The van der Waals surface area contributed by atoms with Crippen molar-refractivity contribution in [2.24, 2.45) is 13.0 Å². The lowest BCUT2D eigenvalue weighted by Crippen LogP contribution is -2.15. The number of amides is 1. The van der Waals surface area contributed by atoms with Crippen molar-refractivity contribution in [1.82, 2.24) is 9.78 Å². The van der Waals surface area contributed by atoms with Crippen molar-refractivity contribution in [1.29, 1.82) is 0 Å². The van der Waals surface area contributed by atoms with Crippen molar-refractivity contribution in [3.63, 3.8) is 0 Å². The lowest BCUT2D eigenvalue weighted by molar-refractivity contribution is -0.117. The van der Waals surface area contributed by atoms with Gasteiger partial charge in [0.15, 0.2) is 0 Å². The second kappa shape index (κ2) is 3.61. The zero-order valence-corrected chi connectivity index (χ0v) is 9.57. The van der Waals surface area contributed by atoms with Gasteiger partial charge in [0.2, 0.25) is 5.91 Å². The van der Waals surface area contributed by atoms with Crippen molar-refractivity contribution < 1.29 is 4.79 Å². The van der Waals surface area contributed by atoms with Crippen LogP contribution in [0.25, 0.3) is 0 Å². The quantitative estimate of drug-likeness (QED) is 0.845. The second-order valence-corrected chi connectivity index (χ2v) is 4.97. The van der Waals surface area contributed by atoms with Crippen molar-refractivity contribution in [3.05, 3.63) is 11.8 Å². The van der Waals surface area contributed by atoms with Gasteiger partial charge in [-0.2, -0.15) is 5.10 Å². The van der Waals surface area contributed by atoms with Crippen LogP contribution in [0.4, 0.5) is 5.82 Å². The molecule has 0 atom stereocenters. The molecule has 4 nitrogen and oxygen atoms in total. The summed E-state index contributed by atoms with van der Waals surface area (Å²) in [5.74, 6) is 1.88. The van der Waals surface area contributed by atoms with E-state index in [0.29, 0.717) is 5.92 Å². The standard InChI is InChI=1S/C12H17N3O/c1-15-11(13-12(16)9-5-6-9)7-10(14-15)8-3-2-4-8/h7-9H,2-6H2,1H3,(H,13,16). The van der Waals surface area contributed by atoms with Crippen LogP contribution >= 0.6 is 0 Å². The Morgan fingerprint density at radius 3 is 2.75 bits per heavy atom. The van der Waals surface area contributed by atoms with Gasteiger partial charge >= 0.3 is 0 Å². The van der Waals surface area contributed by atoms with Gasteiger partial charge in [-0.3, -0.25) is 9.48 Å². The first kappa shape index (κ1) is 9.87. The maximum atomic E-state index is 11.6. The molecule has 2 saturated carbocycles. The Morgan fingerprint density at radius 1 is 1.44 bits per heavy atom. The van der Waals surface area contributed by atoms with Gasteiger partial charge in [-0.25, -0.2) is 0 Å². The molecule has 86 valence electrons. The van der Waals surface area contributed by atoms with Crippen LogP contribution in [-0.2, 0) is 11.8 Å². The highest BCUT2D eigenvalue weighted by atomic mass is 16.2. The lowest BCUT2D eigenvalue weighted by Gasteiger charge is -2.22. The maximum Gasteiger partial charge on any atom is 0.228 e. The largest absolute Gasteiger partial charge is 0.311 e. The number of aromatic nitrogens is 2. The van der Waals surface area contributed by atoms with E-state index in [0.717, 1.165) is 24.4 Å². The molecule has 1 aromatic heterocycles. The van der Waals surface area contributed by atoms with Gasteiger partial charge in [-0.1, -0.05) is 6.42 Å². The van der Waals surface area contributed by atoms with Crippen LogP contribution in [0.5, 0.6) is 0 Å². The number of anilines is 1. The van der Waals surface area contributed by atoms with Gasteiger partial charge in [0.1, 0.15) is 5.82 Å². The first-order valence-electron chi connectivity index (χ1n) is 6.09. The summed E-state index contributed by atoms with van der Waals surface area (Å²) in [6.45, 7) is 0. The van der Waals surface area contributed by atoms with Gasteiger partial charge in [-0.05, 0) is 25.7 Å². The highest BCUT2D eigenvalue weighted by Crippen LogP contribution is 2.36. The predicted octanol–water partition coefficient (Wildman–Crippen LogP) is 2.04. The molecule has 4 heteroatoms. The summed E-state index contributed by atoms with van der Waals surface area (Å²) < 4.78 is 1.79. The molecule has 1 heterocycles. The normalized spacial score (nSPS) is 20.6. The molecule has 0 spiro atoms. The van der Waals surface area contributed by atoms with Crippen LogP contribution in [0.1, 0.15) is 43.7 Å². The third kappa shape index (κ3) is 1.72. The van der Waals surface area contributed by atoms with Crippen molar-refractivity contribution >= 4 is 11.7 Å². The van der Waals surface area contributed by atoms with Gasteiger partial charge in [-0.15, -0.1) is 0 Å². The second-order valence-electron chi connectivity index (χ2n) is 4.97. The lowest BCUT2D eigenvalue weighted by atomic mass is 9.83. The molecule has 3 rings (SSSR count). The minimum absolute atomic E-state index is 0.156. The summed E-state index contributed by atoms with van der Waals surface area (Å²) >= 11 is 0. The van der Waals surface area contributed by atoms with E-state index in [-0.39, 0.29) is 11.8 Å². The molecule has 0 bridgehead atoms. The zero-order valence-electron chi connectivity index (χ0n) is 9.57. The molecular weight excluding hydrogens is 202 g/mol. The minimum atomic E-state index is 0.156. The molecule has 2 fully saturated rings. The third-order valence-electron chi connectivity index (χ3n) is 3.62. The highest BCUT2D eigenvalue weighted by Gasteiger charge is 2.30. The van der Waals surface area contributed by atoms with Crippen molar-refractivity contribution in [3.8, 4) is 0 Å². The fraction of sp³-hybridized carbons (Fsp3) is 0.667. The molecule has 1 N–H and O–H groups in total. The van der Waals surface area contributed by atoms with Crippen LogP contribution < -0.4 is 5.32 Å². The number of rotatable bonds is 3. The molecule has 0 unspecified atom stereocenters. The SMILES string of the molecule is Cn1nc(C2CCC2)cc1NC(=O)C1CC1. The summed E-state index contributed by atoms with van der Waals surface area (Å²) in [5, 5.41) is 7.42. The monoisotopic (exact) mass is 219 g/mol. The fourth-order valence-electron chi connectivity index (χ4n) is 2.08. The van der Waals surface area contributed by atoms with Crippen LogP contribution in [-0.4, -0.2) is 15.7 Å². The molecule has 1 aromatic rings. The molecule has 0 saturated heterocycles. The first-order chi connectivity index (χ1) is 7.74. The Kier molecular flexibility index (Phi) is 2.23. The van der Waals surface area contributed by atoms with E-state index in [1.54, 1.807) is 4.68 Å². The molecular formula is C12H17N3O. The van der Waals surface area contributed by atoms with E-state index in [1.165, 1.54) is 19.3 Å².